The van der Waals surface area contributed by atoms with Crippen molar-refractivity contribution in [2.75, 3.05) is 27.2 Å². The summed E-state index contributed by atoms with van der Waals surface area (Å²) < 4.78 is 0. The van der Waals surface area contributed by atoms with Gasteiger partial charge in [0, 0.05) is 13.6 Å². The molecular formula is C6H15ClN2O2. The number of hydrogen-bond donors (Lipinski definition) is 2. The maximum Gasteiger partial charge on any atom is 0.407 e. The van der Waals surface area contributed by atoms with Crippen molar-refractivity contribution in [3.8, 4) is 0 Å². The van der Waals surface area contributed by atoms with Crippen molar-refractivity contribution in [1.29, 1.82) is 0 Å². The van der Waals surface area contributed by atoms with Crippen LogP contribution in [0.4, 0.5) is 4.79 Å². The number of carbonyl (C=O) groups is 1. The van der Waals surface area contributed by atoms with Gasteiger partial charge >= 0.3 is 6.09 Å². The highest BCUT2D eigenvalue weighted by molar-refractivity contribution is 5.85. The van der Waals surface area contributed by atoms with Crippen molar-refractivity contribution in [1.82, 2.24) is 10.2 Å². The summed E-state index contributed by atoms with van der Waals surface area (Å²) in [6.45, 7) is 1.45. The van der Waals surface area contributed by atoms with Gasteiger partial charge in [0.25, 0.3) is 0 Å². The van der Waals surface area contributed by atoms with Crippen molar-refractivity contribution < 1.29 is 9.90 Å². The van der Waals surface area contributed by atoms with Gasteiger partial charge in [-0.3, -0.25) is 0 Å². The fourth-order valence-corrected chi connectivity index (χ4v) is 0.589. The highest BCUT2D eigenvalue weighted by atomic mass is 35.5. The van der Waals surface area contributed by atoms with Crippen LogP contribution < -0.4 is 5.32 Å². The monoisotopic (exact) mass is 182 g/mol. The molecule has 0 aliphatic carbocycles. The molecule has 5 heteroatoms. The Kier molecular flexibility index (Phi) is 9.10. The highest BCUT2D eigenvalue weighted by Gasteiger charge is 2.02. The number of nitrogens with one attached hydrogen (secondary N) is 1. The van der Waals surface area contributed by atoms with Crippen LogP contribution in [0.5, 0.6) is 0 Å². The third-order valence-corrected chi connectivity index (χ3v) is 1.25. The van der Waals surface area contributed by atoms with Crippen molar-refractivity contribution >= 4 is 18.5 Å². The molecule has 0 radical (unpaired) electrons. The molecule has 68 valence electrons. The molecule has 0 aliphatic rings. The van der Waals surface area contributed by atoms with Crippen molar-refractivity contribution in [3.05, 3.63) is 0 Å². The van der Waals surface area contributed by atoms with E-state index in [2.05, 4.69) is 5.32 Å². The lowest BCUT2D eigenvalue weighted by atomic mass is 10.4. The van der Waals surface area contributed by atoms with Crippen LogP contribution in [0, 0.1) is 0 Å². The third kappa shape index (κ3) is 7.42. The van der Waals surface area contributed by atoms with E-state index in [1.807, 2.05) is 7.05 Å². The second kappa shape index (κ2) is 7.63. The minimum atomic E-state index is -0.865. The topological polar surface area (TPSA) is 52.6 Å². The van der Waals surface area contributed by atoms with E-state index < -0.39 is 6.09 Å². The molecule has 0 aromatic heterocycles. The zero-order valence-electron chi connectivity index (χ0n) is 6.83. The van der Waals surface area contributed by atoms with Gasteiger partial charge in [-0.05, 0) is 20.0 Å². The zero-order chi connectivity index (χ0) is 7.98. The molecule has 0 fully saturated rings. The summed E-state index contributed by atoms with van der Waals surface area (Å²) in [4.78, 5) is 11.5. The molecular weight excluding hydrogens is 168 g/mol. The quantitative estimate of drug-likeness (QED) is 0.627. The van der Waals surface area contributed by atoms with Crippen molar-refractivity contribution in [2.24, 2.45) is 0 Å². The Hall–Kier alpha value is -0.480. The predicted molar refractivity (Wildman–Crippen MR) is 46.4 cm³/mol. The zero-order valence-corrected chi connectivity index (χ0v) is 7.65. The Morgan fingerprint density at radius 1 is 1.64 bits per heavy atom. The van der Waals surface area contributed by atoms with Crippen LogP contribution in [0.3, 0.4) is 0 Å². The first kappa shape index (κ1) is 13.1. The average Bonchev–Trinajstić information content (AvgIpc) is 1.88. The lowest BCUT2D eigenvalue weighted by Crippen LogP contribution is -2.27. The number of hydrogen-bond acceptors (Lipinski definition) is 2. The second-order valence-corrected chi connectivity index (χ2v) is 2.16. The maximum atomic E-state index is 10.2. The van der Waals surface area contributed by atoms with Gasteiger partial charge in [0.05, 0.1) is 0 Å². The van der Waals surface area contributed by atoms with Gasteiger partial charge in [0.2, 0.25) is 0 Å². The van der Waals surface area contributed by atoms with Crippen molar-refractivity contribution in [2.45, 2.75) is 6.42 Å². The average molecular weight is 183 g/mol. The minimum Gasteiger partial charge on any atom is -0.465 e. The summed E-state index contributed by atoms with van der Waals surface area (Å²) in [6.07, 6.45) is -0.00430. The molecule has 0 spiro atoms. The van der Waals surface area contributed by atoms with Gasteiger partial charge in [0.15, 0.2) is 0 Å². The van der Waals surface area contributed by atoms with Crippen LogP contribution in [0.1, 0.15) is 6.42 Å². The molecule has 0 bridgehead atoms. The first-order valence-corrected chi connectivity index (χ1v) is 3.27. The van der Waals surface area contributed by atoms with Crippen LogP contribution >= 0.6 is 12.4 Å². The fourth-order valence-electron chi connectivity index (χ4n) is 0.589. The summed E-state index contributed by atoms with van der Waals surface area (Å²) in [5.41, 5.74) is 0. The Bertz CT molecular complexity index is 111. The highest BCUT2D eigenvalue weighted by Crippen LogP contribution is 1.85. The second-order valence-electron chi connectivity index (χ2n) is 2.16. The van der Waals surface area contributed by atoms with E-state index in [1.165, 1.54) is 4.90 Å². The molecule has 0 aliphatic heterocycles. The summed E-state index contributed by atoms with van der Waals surface area (Å²) in [6, 6.07) is 0. The summed E-state index contributed by atoms with van der Waals surface area (Å²) in [7, 11) is 3.42. The van der Waals surface area contributed by atoms with Gasteiger partial charge in [-0.15, -0.1) is 12.4 Å². The van der Waals surface area contributed by atoms with Gasteiger partial charge in [0.1, 0.15) is 0 Å². The fraction of sp³-hybridized carbons (Fsp3) is 0.833. The molecule has 0 heterocycles. The molecule has 1 amide bonds. The van der Waals surface area contributed by atoms with Crippen LogP contribution in [0.15, 0.2) is 0 Å². The van der Waals surface area contributed by atoms with E-state index in [0.29, 0.717) is 6.54 Å². The largest absolute Gasteiger partial charge is 0.465 e. The smallest absolute Gasteiger partial charge is 0.407 e. The lowest BCUT2D eigenvalue weighted by Gasteiger charge is -2.11. The number of nitrogens with zero attached hydrogens (tertiary/aromatic N) is 1. The Labute approximate surface area is 73.0 Å². The van der Waals surface area contributed by atoms with Crippen LogP contribution in [-0.2, 0) is 0 Å². The van der Waals surface area contributed by atoms with Crippen LogP contribution in [-0.4, -0.2) is 43.3 Å². The van der Waals surface area contributed by atoms with Gasteiger partial charge in [-0.25, -0.2) is 4.79 Å². The molecule has 4 nitrogen and oxygen atoms in total. The van der Waals surface area contributed by atoms with E-state index in [9.17, 15) is 4.79 Å². The number of halogens is 1. The van der Waals surface area contributed by atoms with E-state index in [4.69, 9.17) is 5.11 Å². The van der Waals surface area contributed by atoms with Gasteiger partial charge in [-0.2, -0.15) is 0 Å². The first-order chi connectivity index (χ1) is 4.68. The Morgan fingerprint density at radius 2 is 2.18 bits per heavy atom. The normalized spacial score (nSPS) is 8.55. The summed E-state index contributed by atoms with van der Waals surface area (Å²) in [5.74, 6) is 0. The summed E-state index contributed by atoms with van der Waals surface area (Å²) in [5, 5.41) is 11.3. The van der Waals surface area contributed by atoms with E-state index in [0.717, 1.165) is 13.0 Å². The van der Waals surface area contributed by atoms with E-state index in [1.54, 1.807) is 7.05 Å². The number of rotatable bonds is 4. The molecule has 0 unspecified atom stereocenters. The van der Waals surface area contributed by atoms with Gasteiger partial charge < -0.3 is 15.3 Å². The number of carboxylic acid groups (broad SMARTS) is 1. The SMILES string of the molecule is CNCCCN(C)C(=O)O.Cl. The van der Waals surface area contributed by atoms with Gasteiger partial charge in [-0.1, -0.05) is 0 Å². The molecule has 0 aromatic carbocycles. The van der Waals surface area contributed by atoms with Crippen LogP contribution in [0.2, 0.25) is 0 Å². The minimum absolute atomic E-state index is 0. The van der Waals surface area contributed by atoms with Crippen molar-refractivity contribution in [3.63, 3.8) is 0 Å². The molecule has 11 heavy (non-hydrogen) atoms. The standard InChI is InChI=1S/C6H14N2O2.ClH/c1-7-4-3-5-8(2)6(9)10;/h7H,3-5H2,1-2H3,(H,9,10);1H. The molecule has 0 saturated heterocycles. The van der Waals surface area contributed by atoms with Crippen LogP contribution in [0.25, 0.3) is 0 Å². The Balaban J connectivity index is 0. The molecule has 0 rings (SSSR count). The molecule has 0 aromatic rings. The Morgan fingerprint density at radius 3 is 2.55 bits per heavy atom. The summed E-state index contributed by atoms with van der Waals surface area (Å²) >= 11 is 0. The molecule has 0 saturated carbocycles. The van der Waals surface area contributed by atoms with E-state index in [-0.39, 0.29) is 12.4 Å². The first-order valence-electron chi connectivity index (χ1n) is 3.27. The predicted octanol–water partition coefficient (Wildman–Crippen LogP) is 0.628. The lowest BCUT2D eigenvalue weighted by molar-refractivity contribution is 0.155. The van der Waals surface area contributed by atoms with E-state index >= 15 is 0 Å². The molecule has 2 N–H and O–H groups in total. The molecule has 0 atom stereocenters. The third-order valence-electron chi connectivity index (χ3n) is 1.25. The number of amides is 1. The maximum absolute atomic E-state index is 10.2.